The minimum Gasteiger partial charge on any atom is -0.475 e. The number of morpholine rings is 1. The number of hydrogen-bond acceptors (Lipinski definition) is 3. The van der Waals surface area contributed by atoms with E-state index >= 15 is 0 Å². The zero-order valence-electron chi connectivity index (χ0n) is 7.27. The van der Waals surface area contributed by atoms with Gasteiger partial charge in [0.2, 0.25) is 0 Å². The fourth-order valence-electron chi connectivity index (χ4n) is 0.557. The Hall–Kier alpha value is -0.960. The smallest absolute Gasteiger partial charge is 0.475 e. The van der Waals surface area contributed by atoms with Crippen molar-refractivity contribution < 1.29 is 36.6 Å². The average Bonchev–Trinajstić information content (AvgIpc) is 2.02. The predicted octanol–water partition coefficient (Wildman–Crippen LogP) is 0.832. The van der Waals surface area contributed by atoms with Crippen LogP contribution in [0.25, 0.3) is 0 Å². The van der Waals surface area contributed by atoms with Gasteiger partial charge in [-0.2, -0.15) is 22.0 Å². The van der Waals surface area contributed by atoms with Crippen LogP contribution in [-0.4, -0.2) is 43.1 Å². The molecule has 1 saturated heterocycles. The highest BCUT2D eigenvalue weighted by atomic mass is 19.4. The van der Waals surface area contributed by atoms with Crippen LogP contribution < -0.4 is 5.32 Å². The fraction of sp³-hybridized carbons (Fsp3) is 0.833. The number of rotatable bonds is 0. The van der Waals surface area contributed by atoms with E-state index in [2.05, 4.69) is 10.1 Å². The Kier molecular flexibility index (Phi) is 4.88. The zero-order valence-corrected chi connectivity index (χ0v) is 7.27. The van der Waals surface area contributed by atoms with E-state index in [1.54, 1.807) is 0 Å². The Morgan fingerprint density at radius 2 is 1.87 bits per heavy atom. The monoisotopic (exact) mass is 237 g/mol. The van der Waals surface area contributed by atoms with Gasteiger partial charge in [0.25, 0.3) is 0 Å². The SMILES string of the molecule is FC1(F)CNCCO1.O=C(O)C(F)(F)F. The summed E-state index contributed by atoms with van der Waals surface area (Å²) in [6.07, 6.45) is -8.02. The van der Waals surface area contributed by atoms with Crippen LogP contribution in [0.4, 0.5) is 22.0 Å². The average molecular weight is 237 g/mol. The van der Waals surface area contributed by atoms with Crippen LogP contribution in [0.2, 0.25) is 0 Å². The van der Waals surface area contributed by atoms with Crippen molar-refractivity contribution >= 4 is 5.97 Å². The van der Waals surface area contributed by atoms with Gasteiger partial charge in [0.1, 0.15) is 0 Å². The topological polar surface area (TPSA) is 58.6 Å². The third kappa shape index (κ3) is 7.03. The van der Waals surface area contributed by atoms with Gasteiger partial charge in [-0.3, -0.25) is 0 Å². The van der Waals surface area contributed by atoms with Gasteiger partial charge >= 0.3 is 18.3 Å². The lowest BCUT2D eigenvalue weighted by atomic mass is 10.5. The maximum Gasteiger partial charge on any atom is 0.490 e. The summed E-state index contributed by atoms with van der Waals surface area (Å²) in [7, 11) is 0. The largest absolute Gasteiger partial charge is 0.490 e. The van der Waals surface area contributed by atoms with Gasteiger partial charge in [0.05, 0.1) is 13.2 Å². The molecule has 0 unspecified atom stereocenters. The molecule has 1 aliphatic rings. The summed E-state index contributed by atoms with van der Waals surface area (Å²) >= 11 is 0. The van der Waals surface area contributed by atoms with Crippen LogP contribution in [0.3, 0.4) is 0 Å². The van der Waals surface area contributed by atoms with Crippen molar-refractivity contribution in [2.24, 2.45) is 0 Å². The molecule has 1 heterocycles. The lowest BCUT2D eigenvalue weighted by Crippen LogP contribution is -2.43. The highest BCUT2D eigenvalue weighted by molar-refractivity contribution is 5.73. The first kappa shape index (κ1) is 14.0. The molecule has 0 aromatic heterocycles. The number of alkyl halides is 5. The van der Waals surface area contributed by atoms with Crippen LogP contribution in [0.1, 0.15) is 0 Å². The van der Waals surface area contributed by atoms with E-state index in [-0.39, 0.29) is 13.2 Å². The maximum atomic E-state index is 11.9. The molecule has 1 fully saturated rings. The van der Waals surface area contributed by atoms with E-state index in [9.17, 15) is 22.0 Å². The molecule has 0 atom stereocenters. The van der Waals surface area contributed by atoms with Gasteiger partial charge in [-0.25, -0.2) is 4.79 Å². The first-order valence-electron chi connectivity index (χ1n) is 3.68. The summed E-state index contributed by atoms with van der Waals surface area (Å²) in [6, 6.07) is 0. The maximum absolute atomic E-state index is 11.9. The molecule has 90 valence electrons. The minimum atomic E-state index is -5.08. The van der Waals surface area contributed by atoms with Crippen LogP contribution in [0, 0.1) is 0 Å². The first-order chi connectivity index (χ1) is 6.65. The molecule has 0 saturated carbocycles. The number of carboxylic acid groups (broad SMARTS) is 1. The minimum absolute atomic E-state index is 0.104. The molecule has 9 heteroatoms. The van der Waals surface area contributed by atoms with Crippen molar-refractivity contribution in [2.75, 3.05) is 19.7 Å². The van der Waals surface area contributed by atoms with Gasteiger partial charge in [-0.05, 0) is 0 Å². The highest BCUT2D eigenvalue weighted by Gasteiger charge is 2.38. The lowest BCUT2D eigenvalue weighted by molar-refractivity contribution is -0.246. The normalized spacial score (nSPS) is 20.1. The quantitative estimate of drug-likeness (QED) is 0.613. The number of carbonyl (C=O) groups is 1. The first-order valence-corrected chi connectivity index (χ1v) is 3.68. The number of halogens is 5. The van der Waals surface area contributed by atoms with Gasteiger partial charge in [0, 0.05) is 6.54 Å². The molecular formula is C6H8F5NO3. The molecule has 1 rings (SSSR count). The second kappa shape index (κ2) is 5.21. The molecule has 1 aliphatic heterocycles. The van der Waals surface area contributed by atoms with E-state index in [0.29, 0.717) is 6.54 Å². The number of hydrogen-bond donors (Lipinski definition) is 2. The molecule has 0 aromatic rings. The van der Waals surface area contributed by atoms with Crippen molar-refractivity contribution in [3.05, 3.63) is 0 Å². The molecule has 0 aliphatic carbocycles. The molecule has 0 amide bonds. The van der Waals surface area contributed by atoms with Gasteiger partial charge in [-0.1, -0.05) is 0 Å². The fourth-order valence-corrected chi connectivity index (χ4v) is 0.557. The number of carboxylic acids is 1. The van der Waals surface area contributed by atoms with Crippen LogP contribution in [0.15, 0.2) is 0 Å². The third-order valence-electron chi connectivity index (χ3n) is 1.17. The molecule has 2 N–H and O–H groups in total. The Morgan fingerprint density at radius 3 is 2.00 bits per heavy atom. The molecule has 0 radical (unpaired) electrons. The van der Waals surface area contributed by atoms with Crippen molar-refractivity contribution in [3.63, 3.8) is 0 Å². The Bertz CT molecular complexity index is 209. The van der Waals surface area contributed by atoms with Gasteiger partial charge < -0.3 is 15.2 Å². The van der Waals surface area contributed by atoms with Crippen LogP contribution in [-0.2, 0) is 9.53 Å². The standard InChI is InChI=1S/C4H7F2NO.C2HF3O2/c5-4(6)3-7-1-2-8-4;3-2(4,5)1(6)7/h7H,1-3H2;(H,6,7). The molecular weight excluding hydrogens is 229 g/mol. The predicted molar refractivity (Wildman–Crippen MR) is 37.5 cm³/mol. The summed E-state index contributed by atoms with van der Waals surface area (Å²) in [4.78, 5) is 8.90. The van der Waals surface area contributed by atoms with E-state index in [1.807, 2.05) is 0 Å². The van der Waals surface area contributed by atoms with Gasteiger partial charge in [-0.15, -0.1) is 0 Å². The summed E-state index contributed by atoms with van der Waals surface area (Å²) in [5.74, 6) is -2.76. The van der Waals surface area contributed by atoms with E-state index < -0.39 is 18.3 Å². The summed E-state index contributed by atoms with van der Waals surface area (Å²) in [6.45, 7) is 0.273. The van der Waals surface area contributed by atoms with Crippen LogP contribution in [0.5, 0.6) is 0 Å². The third-order valence-corrected chi connectivity index (χ3v) is 1.17. The summed E-state index contributed by atoms with van der Waals surface area (Å²) in [5.41, 5.74) is 0. The molecule has 0 aromatic carbocycles. The molecule has 4 nitrogen and oxygen atoms in total. The second-order valence-corrected chi connectivity index (χ2v) is 2.47. The Morgan fingerprint density at radius 1 is 1.40 bits per heavy atom. The summed E-state index contributed by atoms with van der Waals surface area (Å²) < 4.78 is 59.6. The zero-order chi connectivity index (χ0) is 12.1. The van der Waals surface area contributed by atoms with Crippen LogP contribution >= 0.6 is 0 Å². The highest BCUT2D eigenvalue weighted by Crippen LogP contribution is 2.15. The second-order valence-electron chi connectivity index (χ2n) is 2.47. The van der Waals surface area contributed by atoms with Gasteiger partial charge in [0.15, 0.2) is 0 Å². The van der Waals surface area contributed by atoms with E-state index in [4.69, 9.17) is 9.90 Å². The Labute approximate surface area is 81.0 Å². The number of ether oxygens (including phenoxy) is 1. The molecule has 15 heavy (non-hydrogen) atoms. The van der Waals surface area contributed by atoms with Crippen molar-refractivity contribution in [1.82, 2.24) is 5.32 Å². The van der Waals surface area contributed by atoms with Crippen molar-refractivity contribution in [3.8, 4) is 0 Å². The Balaban J connectivity index is 0.000000265. The number of aliphatic carboxylic acids is 1. The van der Waals surface area contributed by atoms with E-state index in [1.165, 1.54) is 0 Å². The van der Waals surface area contributed by atoms with E-state index in [0.717, 1.165) is 0 Å². The van der Waals surface area contributed by atoms with Crippen molar-refractivity contribution in [2.45, 2.75) is 12.3 Å². The summed E-state index contributed by atoms with van der Waals surface area (Å²) in [5, 5.41) is 9.62. The molecule has 0 bridgehead atoms. The molecule has 0 spiro atoms. The number of nitrogens with one attached hydrogen (secondary N) is 1. The van der Waals surface area contributed by atoms with Crippen molar-refractivity contribution in [1.29, 1.82) is 0 Å². The lowest BCUT2D eigenvalue weighted by Gasteiger charge is -2.21.